The molecule has 1 aliphatic rings. The molecule has 1 aliphatic heterocycles. The van der Waals surface area contributed by atoms with Crippen molar-refractivity contribution in [1.82, 2.24) is 19.4 Å². The van der Waals surface area contributed by atoms with Gasteiger partial charge in [0.2, 0.25) is 0 Å². The summed E-state index contributed by atoms with van der Waals surface area (Å²) in [5, 5.41) is 5.51. The van der Waals surface area contributed by atoms with Crippen LogP contribution in [0.5, 0.6) is 0 Å². The van der Waals surface area contributed by atoms with E-state index in [1.54, 1.807) is 5.38 Å². The highest BCUT2D eigenvalue weighted by Gasteiger charge is 2.28. The van der Waals surface area contributed by atoms with Crippen LogP contribution in [0, 0.1) is 0 Å². The summed E-state index contributed by atoms with van der Waals surface area (Å²) in [6.07, 6.45) is 2.02. The van der Waals surface area contributed by atoms with E-state index in [9.17, 15) is 4.79 Å². The van der Waals surface area contributed by atoms with Crippen molar-refractivity contribution in [3.8, 4) is 0 Å². The summed E-state index contributed by atoms with van der Waals surface area (Å²) >= 11 is 6.34. The van der Waals surface area contributed by atoms with Gasteiger partial charge < -0.3 is 10.6 Å². The molecule has 1 fully saturated rings. The summed E-state index contributed by atoms with van der Waals surface area (Å²) in [6.45, 7) is 5.08. The molecule has 1 aromatic heterocycles. The molecule has 0 saturated carbocycles. The zero-order valence-electron chi connectivity index (χ0n) is 11.5. The first kappa shape index (κ1) is 15.3. The summed E-state index contributed by atoms with van der Waals surface area (Å²) in [5.41, 5.74) is 6.25. The molecule has 1 atom stereocenters. The molecule has 6 nitrogen and oxygen atoms in total. The predicted octanol–water partition coefficient (Wildman–Crippen LogP) is 0.751. The lowest BCUT2D eigenvalue weighted by molar-refractivity contribution is 0.0603. The van der Waals surface area contributed by atoms with Gasteiger partial charge in [0.1, 0.15) is 0 Å². The van der Waals surface area contributed by atoms with Crippen LogP contribution in [0.15, 0.2) is 5.38 Å². The number of carbonyl (C=O) groups excluding carboxylic acids is 1. The highest BCUT2D eigenvalue weighted by Crippen LogP contribution is 2.13. The van der Waals surface area contributed by atoms with E-state index in [1.807, 2.05) is 4.90 Å². The smallest absolute Gasteiger partial charge is 0.275 e. The van der Waals surface area contributed by atoms with Gasteiger partial charge in [0.05, 0.1) is 11.0 Å². The number of amides is 1. The molecule has 1 saturated heterocycles. The predicted molar refractivity (Wildman–Crippen MR) is 82.9 cm³/mol. The van der Waals surface area contributed by atoms with Gasteiger partial charge in [0, 0.05) is 31.6 Å². The third-order valence-corrected chi connectivity index (χ3v) is 4.29. The van der Waals surface area contributed by atoms with Crippen molar-refractivity contribution in [2.45, 2.75) is 25.8 Å². The first-order chi connectivity index (χ1) is 9.63. The maximum Gasteiger partial charge on any atom is 0.275 e. The van der Waals surface area contributed by atoms with Gasteiger partial charge in [-0.15, -0.1) is 5.10 Å². The lowest BCUT2D eigenvalue weighted by Gasteiger charge is -2.38. The van der Waals surface area contributed by atoms with E-state index >= 15 is 0 Å². The lowest BCUT2D eigenvalue weighted by Crippen LogP contribution is -2.54. The maximum atomic E-state index is 12.2. The number of nitrogens with two attached hydrogens (primary N) is 1. The number of thiocarbonyl (C=S) groups is 1. The van der Waals surface area contributed by atoms with E-state index in [-0.39, 0.29) is 11.9 Å². The molecule has 2 heterocycles. The van der Waals surface area contributed by atoms with Crippen LogP contribution in [0.1, 0.15) is 30.3 Å². The minimum absolute atomic E-state index is 0.0410. The molecule has 1 amide bonds. The molecular weight excluding hydrogens is 294 g/mol. The highest BCUT2D eigenvalue weighted by atomic mass is 32.1. The SMILES string of the molecule is CCCC(C(N)=S)N1CCN(C(=O)c2csnn2)CC1. The van der Waals surface area contributed by atoms with Gasteiger partial charge in [-0.2, -0.15) is 0 Å². The highest BCUT2D eigenvalue weighted by molar-refractivity contribution is 7.80. The number of hydrogen-bond acceptors (Lipinski definition) is 6. The number of hydrogen-bond donors (Lipinski definition) is 1. The number of carbonyl (C=O) groups is 1. The molecule has 1 aromatic rings. The van der Waals surface area contributed by atoms with Gasteiger partial charge in [0.25, 0.3) is 5.91 Å². The topological polar surface area (TPSA) is 75.3 Å². The van der Waals surface area contributed by atoms with Gasteiger partial charge in [-0.1, -0.05) is 30.1 Å². The molecule has 0 aromatic carbocycles. The van der Waals surface area contributed by atoms with E-state index in [1.165, 1.54) is 11.5 Å². The number of nitrogens with zero attached hydrogens (tertiary/aromatic N) is 4. The van der Waals surface area contributed by atoms with E-state index in [0.717, 1.165) is 25.9 Å². The van der Waals surface area contributed by atoms with Crippen molar-refractivity contribution in [2.75, 3.05) is 26.2 Å². The molecule has 2 rings (SSSR count). The molecule has 1 unspecified atom stereocenters. The normalized spacial score (nSPS) is 17.9. The Morgan fingerprint density at radius 3 is 2.70 bits per heavy atom. The fourth-order valence-corrected chi connectivity index (χ4v) is 3.13. The zero-order valence-corrected chi connectivity index (χ0v) is 13.1. The zero-order chi connectivity index (χ0) is 14.5. The number of rotatable bonds is 5. The van der Waals surface area contributed by atoms with E-state index in [2.05, 4.69) is 21.4 Å². The second-order valence-corrected chi connectivity index (χ2v) is 5.91. The largest absolute Gasteiger partial charge is 0.392 e. The van der Waals surface area contributed by atoms with Crippen molar-refractivity contribution in [3.05, 3.63) is 11.1 Å². The Hall–Kier alpha value is -1.12. The van der Waals surface area contributed by atoms with Crippen LogP contribution in [0.2, 0.25) is 0 Å². The molecular formula is C12H19N5OS2. The summed E-state index contributed by atoms with van der Waals surface area (Å²) < 4.78 is 3.73. The minimum Gasteiger partial charge on any atom is -0.392 e. The Balaban J connectivity index is 1.91. The van der Waals surface area contributed by atoms with Crippen LogP contribution in [0.25, 0.3) is 0 Å². The van der Waals surface area contributed by atoms with Crippen LogP contribution in [-0.4, -0.2) is 62.5 Å². The van der Waals surface area contributed by atoms with Gasteiger partial charge >= 0.3 is 0 Å². The second kappa shape index (κ2) is 7.05. The third-order valence-electron chi connectivity index (χ3n) is 3.51. The van der Waals surface area contributed by atoms with Crippen LogP contribution in [0.3, 0.4) is 0 Å². The van der Waals surface area contributed by atoms with Gasteiger partial charge in [0.15, 0.2) is 5.69 Å². The Kier molecular flexibility index (Phi) is 5.38. The van der Waals surface area contributed by atoms with Gasteiger partial charge in [-0.25, -0.2) is 0 Å². The second-order valence-electron chi connectivity index (χ2n) is 4.83. The lowest BCUT2D eigenvalue weighted by atomic mass is 10.1. The molecule has 0 bridgehead atoms. The molecule has 0 radical (unpaired) electrons. The van der Waals surface area contributed by atoms with E-state index in [4.69, 9.17) is 18.0 Å². The fraction of sp³-hybridized carbons (Fsp3) is 0.667. The van der Waals surface area contributed by atoms with Crippen molar-refractivity contribution in [3.63, 3.8) is 0 Å². The van der Waals surface area contributed by atoms with Crippen molar-refractivity contribution >= 4 is 34.6 Å². The number of aromatic nitrogens is 2. The Labute approximate surface area is 128 Å². The first-order valence-corrected chi connectivity index (χ1v) is 7.97. The Morgan fingerprint density at radius 2 is 2.20 bits per heavy atom. The molecule has 0 aliphatic carbocycles. The molecule has 110 valence electrons. The Morgan fingerprint density at radius 1 is 1.50 bits per heavy atom. The fourth-order valence-electron chi connectivity index (χ4n) is 2.43. The molecule has 8 heteroatoms. The third kappa shape index (κ3) is 3.50. The van der Waals surface area contributed by atoms with Crippen LogP contribution in [0.4, 0.5) is 0 Å². The quantitative estimate of drug-likeness (QED) is 0.809. The van der Waals surface area contributed by atoms with E-state index in [0.29, 0.717) is 23.8 Å². The molecule has 0 spiro atoms. The van der Waals surface area contributed by atoms with Crippen molar-refractivity contribution < 1.29 is 4.79 Å². The van der Waals surface area contributed by atoms with Gasteiger partial charge in [-0.05, 0) is 18.0 Å². The monoisotopic (exact) mass is 313 g/mol. The molecule has 20 heavy (non-hydrogen) atoms. The minimum atomic E-state index is -0.0410. The average Bonchev–Trinajstić information content (AvgIpc) is 2.98. The van der Waals surface area contributed by atoms with Crippen LogP contribution in [-0.2, 0) is 0 Å². The van der Waals surface area contributed by atoms with Crippen LogP contribution < -0.4 is 5.73 Å². The standard InChI is InChI=1S/C12H19N5OS2/c1-2-3-10(11(13)19)16-4-6-17(7-5-16)12(18)9-8-20-15-14-9/h8,10H,2-7H2,1H3,(H2,13,19). The van der Waals surface area contributed by atoms with Crippen molar-refractivity contribution in [2.24, 2.45) is 5.73 Å². The average molecular weight is 313 g/mol. The first-order valence-electron chi connectivity index (χ1n) is 6.73. The van der Waals surface area contributed by atoms with E-state index < -0.39 is 0 Å². The summed E-state index contributed by atoms with van der Waals surface area (Å²) in [7, 11) is 0. The van der Waals surface area contributed by atoms with Crippen molar-refractivity contribution in [1.29, 1.82) is 0 Å². The van der Waals surface area contributed by atoms with Gasteiger partial charge in [-0.3, -0.25) is 9.69 Å². The maximum absolute atomic E-state index is 12.2. The summed E-state index contributed by atoms with van der Waals surface area (Å²) in [6, 6.07) is 0.146. The summed E-state index contributed by atoms with van der Waals surface area (Å²) in [5.74, 6) is -0.0410. The van der Waals surface area contributed by atoms with Crippen LogP contribution >= 0.6 is 23.8 Å². The summed E-state index contributed by atoms with van der Waals surface area (Å²) in [4.78, 5) is 16.8. The number of piperazine rings is 1. The molecule has 2 N–H and O–H groups in total. The Bertz CT molecular complexity index is 456.